The van der Waals surface area contributed by atoms with Crippen LogP contribution in [0.4, 0.5) is 0 Å². The van der Waals surface area contributed by atoms with Crippen LogP contribution in [0.2, 0.25) is 0 Å². The topological polar surface area (TPSA) is 29.9 Å². The van der Waals surface area contributed by atoms with Gasteiger partial charge in [0.25, 0.3) is 0 Å². The normalized spacial score (nSPS) is 12.4. The van der Waals surface area contributed by atoms with Crippen LogP contribution in [0.15, 0.2) is 4.47 Å². The maximum atomic E-state index is 5.29. The van der Waals surface area contributed by atoms with Gasteiger partial charge in [0.1, 0.15) is 0 Å². The third kappa shape index (κ3) is 3.58. The number of aryl methyl sites for hydroxylation is 2. The Labute approximate surface area is 112 Å². The number of rotatable bonds is 6. The summed E-state index contributed by atoms with van der Waals surface area (Å²) in [5.74, 6) is 2.67. The molecule has 0 saturated heterocycles. The Balaban J connectivity index is 2.76. The summed E-state index contributed by atoms with van der Waals surface area (Å²) in [5, 5.41) is 7.98. The highest BCUT2D eigenvalue weighted by Crippen LogP contribution is 2.22. The lowest BCUT2D eigenvalue weighted by Gasteiger charge is -2.12. The van der Waals surface area contributed by atoms with Gasteiger partial charge in [0.15, 0.2) is 0 Å². The summed E-state index contributed by atoms with van der Waals surface area (Å²) in [6.45, 7) is 8.00. The number of nitrogens with one attached hydrogen (secondary N) is 1. The molecule has 1 aromatic heterocycles. The average molecular weight is 298 g/mol. The Hall–Kier alpha value is -0.790. The lowest BCUT2D eigenvalue weighted by Crippen LogP contribution is -2.26. The van der Waals surface area contributed by atoms with Crippen LogP contribution in [-0.4, -0.2) is 15.8 Å². The van der Waals surface area contributed by atoms with Gasteiger partial charge >= 0.3 is 0 Å². The molecule has 0 aliphatic heterocycles. The molecule has 0 saturated carbocycles. The first-order chi connectivity index (χ1) is 8.13. The Morgan fingerprint density at radius 3 is 2.76 bits per heavy atom. The van der Waals surface area contributed by atoms with E-state index in [0.29, 0.717) is 6.04 Å². The summed E-state index contributed by atoms with van der Waals surface area (Å²) < 4.78 is 3.17. The highest BCUT2D eigenvalue weighted by molar-refractivity contribution is 9.10. The van der Waals surface area contributed by atoms with E-state index < -0.39 is 0 Å². The number of aromatic nitrogens is 2. The first-order valence-corrected chi connectivity index (χ1v) is 6.84. The van der Waals surface area contributed by atoms with Crippen molar-refractivity contribution in [3.63, 3.8) is 0 Å². The van der Waals surface area contributed by atoms with E-state index in [9.17, 15) is 0 Å². The van der Waals surface area contributed by atoms with Gasteiger partial charge in [-0.05, 0) is 36.2 Å². The summed E-state index contributed by atoms with van der Waals surface area (Å²) >= 11 is 3.63. The van der Waals surface area contributed by atoms with Gasteiger partial charge in [-0.2, -0.15) is 5.10 Å². The molecule has 1 N–H and O–H groups in total. The maximum absolute atomic E-state index is 5.29. The predicted octanol–water partition coefficient (Wildman–Crippen LogP) is 2.73. The Kier molecular flexibility index (Phi) is 5.73. The molecule has 0 amide bonds. The molecule has 3 nitrogen and oxygen atoms in total. The van der Waals surface area contributed by atoms with Gasteiger partial charge in [0.2, 0.25) is 0 Å². The fourth-order valence-corrected chi connectivity index (χ4v) is 2.41. The van der Waals surface area contributed by atoms with Gasteiger partial charge in [-0.1, -0.05) is 6.92 Å². The molecule has 0 aliphatic carbocycles. The lowest BCUT2D eigenvalue weighted by molar-refractivity contribution is 0.521. The van der Waals surface area contributed by atoms with E-state index in [4.69, 9.17) is 6.42 Å². The molecule has 1 atom stereocenters. The fourth-order valence-electron chi connectivity index (χ4n) is 1.71. The van der Waals surface area contributed by atoms with Crippen molar-refractivity contribution in [3.8, 4) is 12.3 Å². The molecule has 94 valence electrons. The van der Waals surface area contributed by atoms with E-state index in [0.717, 1.165) is 36.1 Å². The summed E-state index contributed by atoms with van der Waals surface area (Å²) in [4.78, 5) is 0. The van der Waals surface area contributed by atoms with Crippen molar-refractivity contribution >= 4 is 15.9 Å². The second kappa shape index (κ2) is 6.83. The van der Waals surface area contributed by atoms with E-state index >= 15 is 0 Å². The van der Waals surface area contributed by atoms with E-state index in [1.165, 1.54) is 5.69 Å². The number of halogens is 1. The van der Waals surface area contributed by atoms with Gasteiger partial charge in [0.05, 0.1) is 15.9 Å². The largest absolute Gasteiger partial charge is 0.308 e. The molecule has 17 heavy (non-hydrogen) atoms. The molecule has 0 radical (unpaired) electrons. The highest BCUT2D eigenvalue weighted by Gasteiger charge is 2.13. The van der Waals surface area contributed by atoms with Crippen LogP contribution in [0.5, 0.6) is 0 Å². The van der Waals surface area contributed by atoms with Crippen LogP contribution in [0.3, 0.4) is 0 Å². The Bertz CT molecular complexity index is 404. The van der Waals surface area contributed by atoms with E-state index in [-0.39, 0.29) is 0 Å². The summed E-state index contributed by atoms with van der Waals surface area (Å²) in [6.07, 6.45) is 6.99. The monoisotopic (exact) mass is 297 g/mol. The van der Waals surface area contributed by atoms with Gasteiger partial charge in [-0.3, -0.25) is 4.68 Å². The molecule has 4 heteroatoms. The second-order valence-corrected chi connectivity index (χ2v) is 4.86. The summed E-state index contributed by atoms with van der Waals surface area (Å²) in [6, 6.07) is 0.331. The molecule has 1 unspecified atom stereocenters. The highest BCUT2D eigenvalue weighted by atomic mass is 79.9. The van der Waals surface area contributed by atoms with Crippen molar-refractivity contribution in [3.05, 3.63) is 15.9 Å². The second-order valence-electron chi connectivity index (χ2n) is 4.07. The van der Waals surface area contributed by atoms with Crippen molar-refractivity contribution in [2.45, 2.75) is 52.7 Å². The van der Waals surface area contributed by atoms with Crippen LogP contribution < -0.4 is 5.32 Å². The van der Waals surface area contributed by atoms with E-state index in [1.807, 2.05) is 4.68 Å². The van der Waals surface area contributed by atoms with Crippen molar-refractivity contribution in [1.29, 1.82) is 0 Å². The van der Waals surface area contributed by atoms with Gasteiger partial charge < -0.3 is 5.32 Å². The molecular formula is C13H20BrN3. The number of nitrogens with zero attached hydrogens (tertiary/aromatic N) is 2. The van der Waals surface area contributed by atoms with Crippen molar-refractivity contribution in [1.82, 2.24) is 15.1 Å². The van der Waals surface area contributed by atoms with Crippen LogP contribution in [-0.2, 0) is 19.5 Å². The zero-order chi connectivity index (χ0) is 12.8. The summed E-state index contributed by atoms with van der Waals surface area (Å²) in [7, 11) is 0. The smallest absolute Gasteiger partial charge is 0.0767 e. The SMILES string of the molecule is C#CCC(C)NCc1c(Br)c(CC)nn1CC. The number of hydrogen-bond donors (Lipinski definition) is 1. The molecule has 1 aromatic rings. The number of terminal acetylenes is 1. The van der Waals surface area contributed by atoms with Crippen molar-refractivity contribution in [2.24, 2.45) is 0 Å². The quantitative estimate of drug-likeness (QED) is 0.818. The van der Waals surface area contributed by atoms with Crippen LogP contribution in [0.1, 0.15) is 38.6 Å². The minimum absolute atomic E-state index is 0.331. The first kappa shape index (κ1) is 14.3. The Morgan fingerprint density at radius 1 is 1.53 bits per heavy atom. The Morgan fingerprint density at radius 2 is 2.24 bits per heavy atom. The lowest BCUT2D eigenvalue weighted by atomic mass is 10.2. The van der Waals surface area contributed by atoms with Crippen LogP contribution in [0.25, 0.3) is 0 Å². The zero-order valence-electron chi connectivity index (χ0n) is 10.8. The maximum Gasteiger partial charge on any atom is 0.0767 e. The van der Waals surface area contributed by atoms with Crippen molar-refractivity contribution < 1.29 is 0 Å². The fraction of sp³-hybridized carbons (Fsp3) is 0.615. The first-order valence-electron chi connectivity index (χ1n) is 6.04. The molecule has 0 aromatic carbocycles. The minimum atomic E-state index is 0.331. The molecule has 1 heterocycles. The third-order valence-electron chi connectivity index (χ3n) is 2.74. The minimum Gasteiger partial charge on any atom is -0.308 e. The molecule has 0 spiro atoms. The predicted molar refractivity (Wildman–Crippen MR) is 74.7 cm³/mol. The molecule has 0 aliphatic rings. The van der Waals surface area contributed by atoms with Gasteiger partial charge in [-0.15, -0.1) is 12.3 Å². The van der Waals surface area contributed by atoms with Crippen LogP contribution in [0, 0.1) is 12.3 Å². The number of hydrogen-bond acceptors (Lipinski definition) is 2. The standard InChI is InChI=1S/C13H20BrN3/c1-5-8-10(4)15-9-12-13(14)11(6-2)16-17(12)7-3/h1,10,15H,6-9H2,2-4H3. The molecular weight excluding hydrogens is 278 g/mol. The molecule has 1 rings (SSSR count). The average Bonchev–Trinajstić information content (AvgIpc) is 2.63. The third-order valence-corrected chi connectivity index (χ3v) is 3.65. The molecule has 0 bridgehead atoms. The van der Waals surface area contributed by atoms with E-state index in [2.05, 4.69) is 53.0 Å². The molecule has 0 fully saturated rings. The van der Waals surface area contributed by atoms with Crippen LogP contribution >= 0.6 is 15.9 Å². The van der Waals surface area contributed by atoms with Gasteiger partial charge in [0, 0.05) is 25.6 Å². The van der Waals surface area contributed by atoms with Crippen molar-refractivity contribution in [2.75, 3.05) is 0 Å². The van der Waals surface area contributed by atoms with E-state index in [1.54, 1.807) is 0 Å². The zero-order valence-corrected chi connectivity index (χ0v) is 12.3. The van der Waals surface area contributed by atoms with Gasteiger partial charge in [-0.25, -0.2) is 0 Å². The summed E-state index contributed by atoms with van der Waals surface area (Å²) in [5.41, 5.74) is 2.32.